The Morgan fingerprint density at radius 1 is 1.40 bits per heavy atom. The van der Waals surface area contributed by atoms with Gasteiger partial charge >= 0.3 is 0 Å². The van der Waals surface area contributed by atoms with Gasteiger partial charge in [-0.25, -0.2) is 4.39 Å². The molecule has 0 radical (unpaired) electrons. The van der Waals surface area contributed by atoms with Crippen molar-refractivity contribution in [3.63, 3.8) is 0 Å². The summed E-state index contributed by atoms with van der Waals surface area (Å²) in [6.07, 6.45) is 4.13. The minimum atomic E-state index is -0.432. The Morgan fingerprint density at radius 2 is 2.05 bits per heavy atom. The van der Waals surface area contributed by atoms with Gasteiger partial charge in [0.25, 0.3) is 5.91 Å². The number of amides is 1. The van der Waals surface area contributed by atoms with E-state index in [2.05, 4.69) is 19.2 Å². The van der Waals surface area contributed by atoms with Crippen molar-refractivity contribution >= 4 is 5.91 Å². The van der Waals surface area contributed by atoms with Crippen LogP contribution in [0.5, 0.6) is 5.75 Å². The van der Waals surface area contributed by atoms with Crippen LogP contribution in [0.2, 0.25) is 0 Å². The fraction of sp³-hybridized carbons (Fsp3) is 0.562. The maximum atomic E-state index is 13.3. The van der Waals surface area contributed by atoms with Crippen LogP contribution in [0, 0.1) is 11.7 Å². The molecule has 1 aromatic carbocycles. The van der Waals surface area contributed by atoms with Gasteiger partial charge in [0.05, 0.1) is 12.7 Å². The highest BCUT2D eigenvalue weighted by Gasteiger charge is 2.31. The summed E-state index contributed by atoms with van der Waals surface area (Å²) in [6.45, 7) is 4.29. The zero-order valence-electron chi connectivity index (χ0n) is 12.3. The number of carbonyl (C=O) groups excluding carboxylic acids is 1. The second kappa shape index (κ2) is 5.81. The highest BCUT2D eigenvalue weighted by atomic mass is 19.1. The Bertz CT molecular complexity index is 493. The van der Waals surface area contributed by atoms with E-state index >= 15 is 0 Å². The molecule has 1 fully saturated rings. The molecule has 0 heterocycles. The van der Waals surface area contributed by atoms with E-state index in [0.29, 0.717) is 11.7 Å². The number of carbonyl (C=O) groups is 1. The lowest BCUT2D eigenvalue weighted by molar-refractivity contribution is 0.0866. The first-order valence-electron chi connectivity index (χ1n) is 7.09. The molecule has 0 atom stereocenters. The number of hydrogen-bond acceptors (Lipinski definition) is 2. The molecule has 0 unspecified atom stereocenters. The Kier molecular flexibility index (Phi) is 4.31. The molecule has 1 aliphatic rings. The summed E-state index contributed by atoms with van der Waals surface area (Å²) >= 11 is 0. The second-order valence-corrected chi connectivity index (χ2v) is 6.04. The fourth-order valence-electron chi connectivity index (χ4n) is 2.72. The van der Waals surface area contributed by atoms with Crippen LogP contribution in [-0.4, -0.2) is 18.6 Å². The van der Waals surface area contributed by atoms with Crippen LogP contribution in [-0.2, 0) is 0 Å². The van der Waals surface area contributed by atoms with E-state index in [9.17, 15) is 9.18 Å². The van der Waals surface area contributed by atoms with Gasteiger partial charge in [-0.15, -0.1) is 0 Å². The van der Waals surface area contributed by atoms with Gasteiger partial charge in [0, 0.05) is 5.54 Å². The second-order valence-electron chi connectivity index (χ2n) is 6.04. The van der Waals surface area contributed by atoms with E-state index in [1.165, 1.54) is 25.3 Å². The maximum absolute atomic E-state index is 13.3. The topological polar surface area (TPSA) is 38.3 Å². The summed E-state index contributed by atoms with van der Waals surface area (Å²) in [5.74, 6) is 0.414. The third-order valence-corrected chi connectivity index (χ3v) is 4.20. The highest BCUT2D eigenvalue weighted by molar-refractivity contribution is 5.97. The van der Waals surface area contributed by atoms with Gasteiger partial charge in [-0.3, -0.25) is 4.79 Å². The molecule has 0 aliphatic heterocycles. The van der Waals surface area contributed by atoms with Crippen LogP contribution in [0.4, 0.5) is 4.39 Å². The van der Waals surface area contributed by atoms with Gasteiger partial charge in [0.2, 0.25) is 0 Å². The van der Waals surface area contributed by atoms with Crippen molar-refractivity contribution in [3.8, 4) is 5.75 Å². The molecule has 0 saturated heterocycles. The largest absolute Gasteiger partial charge is 0.496 e. The third kappa shape index (κ3) is 3.30. The van der Waals surface area contributed by atoms with Gasteiger partial charge < -0.3 is 10.1 Å². The average molecular weight is 279 g/mol. The number of halogens is 1. The van der Waals surface area contributed by atoms with E-state index in [1.54, 1.807) is 0 Å². The third-order valence-electron chi connectivity index (χ3n) is 4.20. The van der Waals surface area contributed by atoms with Crippen LogP contribution >= 0.6 is 0 Å². The number of hydrogen-bond donors (Lipinski definition) is 1. The summed E-state index contributed by atoms with van der Waals surface area (Å²) in [5, 5.41) is 3.05. The summed E-state index contributed by atoms with van der Waals surface area (Å²) in [4.78, 5) is 12.4. The van der Waals surface area contributed by atoms with Crippen molar-refractivity contribution in [1.82, 2.24) is 5.32 Å². The lowest BCUT2D eigenvalue weighted by atomic mass is 9.78. The van der Waals surface area contributed by atoms with E-state index in [4.69, 9.17) is 4.74 Å². The van der Waals surface area contributed by atoms with E-state index in [1.807, 2.05) is 0 Å². The predicted octanol–water partition coefficient (Wildman–Crippen LogP) is 3.53. The summed E-state index contributed by atoms with van der Waals surface area (Å²) in [5.41, 5.74) is 0.0494. The number of methoxy groups -OCH3 is 1. The van der Waals surface area contributed by atoms with Gasteiger partial charge in [-0.1, -0.05) is 6.92 Å². The quantitative estimate of drug-likeness (QED) is 0.919. The normalized spacial score (nSPS) is 26.1. The number of ether oxygens (including phenoxy) is 1. The van der Waals surface area contributed by atoms with Gasteiger partial charge in [-0.05, 0) is 56.7 Å². The monoisotopic (exact) mass is 279 g/mol. The number of rotatable bonds is 3. The van der Waals surface area contributed by atoms with Crippen molar-refractivity contribution in [2.24, 2.45) is 5.92 Å². The maximum Gasteiger partial charge on any atom is 0.255 e. The van der Waals surface area contributed by atoms with Crippen LogP contribution in [0.15, 0.2) is 18.2 Å². The molecule has 1 amide bonds. The average Bonchev–Trinajstić information content (AvgIpc) is 2.42. The smallest absolute Gasteiger partial charge is 0.255 e. The molecule has 3 nitrogen and oxygen atoms in total. The molecule has 4 heteroatoms. The molecular weight excluding hydrogens is 257 g/mol. The van der Waals surface area contributed by atoms with Crippen LogP contribution < -0.4 is 10.1 Å². The Morgan fingerprint density at radius 3 is 2.65 bits per heavy atom. The van der Waals surface area contributed by atoms with E-state index < -0.39 is 5.82 Å². The first-order valence-corrected chi connectivity index (χ1v) is 7.09. The van der Waals surface area contributed by atoms with Crippen LogP contribution in [0.3, 0.4) is 0 Å². The van der Waals surface area contributed by atoms with Crippen LogP contribution in [0.1, 0.15) is 49.9 Å². The lowest BCUT2D eigenvalue weighted by Crippen LogP contribution is -2.48. The Balaban J connectivity index is 2.14. The molecule has 1 N–H and O–H groups in total. The standard InChI is InChI=1S/C16H22FNO2/c1-11-6-8-16(2,9-7-11)18-15(19)13-10-12(17)4-5-14(13)20-3/h4-5,10-11H,6-9H2,1-3H3,(H,18,19). The fourth-order valence-corrected chi connectivity index (χ4v) is 2.72. The van der Waals surface area contributed by atoms with Crippen molar-refractivity contribution in [1.29, 1.82) is 0 Å². The SMILES string of the molecule is COc1ccc(F)cc1C(=O)NC1(C)CCC(C)CC1. The molecule has 20 heavy (non-hydrogen) atoms. The first-order chi connectivity index (χ1) is 9.43. The molecule has 1 aromatic rings. The Hall–Kier alpha value is -1.58. The molecule has 2 rings (SSSR count). The number of benzene rings is 1. The van der Waals surface area contributed by atoms with E-state index in [0.717, 1.165) is 25.7 Å². The minimum absolute atomic E-state index is 0.207. The minimum Gasteiger partial charge on any atom is -0.496 e. The first kappa shape index (κ1) is 14.8. The lowest BCUT2D eigenvalue weighted by Gasteiger charge is -2.37. The molecule has 1 saturated carbocycles. The predicted molar refractivity (Wildman–Crippen MR) is 76.5 cm³/mol. The zero-order valence-corrected chi connectivity index (χ0v) is 12.3. The van der Waals surface area contributed by atoms with Crippen molar-refractivity contribution in [2.75, 3.05) is 7.11 Å². The molecule has 110 valence electrons. The summed E-state index contributed by atoms with van der Waals surface area (Å²) in [6, 6.07) is 4.00. The molecule has 0 aromatic heterocycles. The van der Waals surface area contributed by atoms with Crippen molar-refractivity contribution in [3.05, 3.63) is 29.6 Å². The molecular formula is C16H22FNO2. The van der Waals surface area contributed by atoms with Gasteiger partial charge in [0.1, 0.15) is 11.6 Å². The summed E-state index contributed by atoms with van der Waals surface area (Å²) < 4.78 is 18.5. The molecule has 0 bridgehead atoms. The van der Waals surface area contributed by atoms with Crippen molar-refractivity contribution < 1.29 is 13.9 Å². The highest BCUT2D eigenvalue weighted by Crippen LogP contribution is 2.32. The summed E-state index contributed by atoms with van der Waals surface area (Å²) in [7, 11) is 1.48. The van der Waals surface area contributed by atoms with Gasteiger partial charge in [-0.2, -0.15) is 0 Å². The van der Waals surface area contributed by atoms with Gasteiger partial charge in [0.15, 0.2) is 0 Å². The number of nitrogens with one attached hydrogen (secondary N) is 1. The Labute approximate surface area is 119 Å². The zero-order chi connectivity index (χ0) is 14.8. The van der Waals surface area contributed by atoms with Crippen molar-refractivity contribution in [2.45, 2.75) is 45.1 Å². The van der Waals surface area contributed by atoms with E-state index in [-0.39, 0.29) is 17.0 Å². The van der Waals surface area contributed by atoms with Crippen LogP contribution in [0.25, 0.3) is 0 Å². The molecule has 0 spiro atoms. The molecule has 1 aliphatic carbocycles.